The standard InChI is InChI=1S/C14H18N4O2/c1-4-5-12-16-13(18-14(15)17-12)9-6-7-10(19-2)11(8-9)20-3/h6-8H,4-5H2,1-3H3,(H2,15,16,17,18). The molecule has 0 saturated carbocycles. The molecule has 1 aromatic heterocycles. The number of nitrogens with zero attached hydrogens (tertiary/aromatic N) is 3. The largest absolute Gasteiger partial charge is 0.493 e. The number of aromatic nitrogens is 3. The van der Waals surface area contributed by atoms with Gasteiger partial charge in [-0.05, 0) is 24.6 Å². The van der Waals surface area contributed by atoms with E-state index in [1.165, 1.54) is 0 Å². The van der Waals surface area contributed by atoms with E-state index in [0.717, 1.165) is 18.4 Å². The molecule has 106 valence electrons. The van der Waals surface area contributed by atoms with Gasteiger partial charge in [0.2, 0.25) is 5.95 Å². The van der Waals surface area contributed by atoms with Crippen LogP contribution < -0.4 is 15.2 Å². The van der Waals surface area contributed by atoms with Crippen LogP contribution in [0.15, 0.2) is 18.2 Å². The van der Waals surface area contributed by atoms with Crippen LogP contribution in [-0.2, 0) is 6.42 Å². The molecule has 0 atom stereocenters. The lowest BCUT2D eigenvalue weighted by Gasteiger charge is -2.09. The summed E-state index contributed by atoms with van der Waals surface area (Å²) >= 11 is 0. The predicted molar refractivity (Wildman–Crippen MR) is 76.8 cm³/mol. The van der Waals surface area contributed by atoms with Gasteiger partial charge in [-0.15, -0.1) is 0 Å². The summed E-state index contributed by atoms with van der Waals surface area (Å²) < 4.78 is 10.5. The van der Waals surface area contributed by atoms with Crippen LogP contribution in [0.4, 0.5) is 5.95 Å². The summed E-state index contributed by atoms with van der Waals surface area (Å²) in [5.41, 5.74) is 6.55. The van der Waals surface area contributed by atoms with E-state index in [1.54, 1.807) is 14.2 Å². The molecule has 6 heteroatoms. The summed E-state index contributed by atoms with van der Waals surface area (Å²) in [6.07, 6.45) is 1.72. The number of rotatable bonds is 5. The summed E-state index contributed by atoms with van der Waals surface area (Å²) in [6.45, 7) is 2.07. The van der Waals surface area contributed by atoms with Crippen LogP contribution in [-0.4, -0.2) is 29.2 Å². The van der Waals surface area contributed by atoms with Gasteiger partial charge in [0.05, 0.1) is 14.2 Å². The molecule has 2 N–H and O–H groups in total. The number of anilines is 1. The number of aryl methyl sites for hydroxylation is 1. The molecule has 2 aromatic rings. The molecule has 2 rings (SSSR count). The molecular formula is C14H18N4O2. The molecule has 0 bridgehead atoms. The molecule has 0 aliphatic carbocycles. The molecule has 0 saturated heterocycles. The van der Waals surface area contributed by atoms with Crippen molar-refractivity contribution >= 4 is 5.95 Å². The van der Waals surface area contributed by atoms with E-state index >= 15 is 0 Å². The van der Waals surface area contributed by atoms with E-state index in [9.17, 15) is 0 Å². The Morgan fingerprint density at radius 1 is 1.05 bits per heavy atom. The summed E-state index contributed by atoms with van der Waals surface area (Å²) in [6, 6.07) is 5.50. The van der Waals surface area contributed by atoms with Gasteiger partial charge < -0.3 is 15.2 Å². The molecule has 6 nitrogen and oxygen atoms in total. The van der Waals surface area contributed by atoms with Gasteiger partial charge in [0.25, 0.3) is 0 Å². The third-order valence-electron chi connectivity index (χ3n) is 2.81. The zero-order valence-electron chi connectivity index (χ0n) is 11.9. The third-order valence-corrected chi connectivity index (χ3v) is 2.81. The number of benzene rings is 1. The molecule has 0 fully saturated rings. The van der Waals surface area contributed by atoms with Crippen molar-refractivity contribution in [2.75, 3.05) is 20.0 Å². The lowest BCUT2D eigenvalue weighted by molar-refractivity contribution is 0.355. The van der Waals surface area contributed by atoms with Crippen molar-refractivity contribution in [2.45, 2.75) is 19.8 Å². The van der Waals surface area contributed by atoms with Crippen molar-refractivity contribution in [3.05, 3.63) is 24.0 Å². The van der Waals surface area contributed by atoms with E-state index < -0.39 is 0 Å². The van der Waals surface area contributed by atoms with Crippen molar-refractivity contribution in [1.29, 1.82) is 0 Å². The van der Waals surface area contributed by atoms with E-state index in [2.05, 4.69) is 21.9 Å². The molecular weight excluding hydrogens is 256 g/mol. The van der Waals surface area contributed by atoms with Gasteiger partial charge >= 0.3 is 0 Å². The minimum atomic E-state index is 0.230. The summed E-state index contributed by atoms with van der Waals surface area (Å²) in [5, 5.41) is 0. The first-order valence-electron chi connectivity index (χ1n) is 6.40. The highest BCUT2D eigenvalue weighted by Crippen LogP contribution is 2.31. The lowest BCUT2D eigenvalue weighted by Crippen LogP contribution is -2.05. The Morgan fingerprint density at radius 2 is 1.80 bits per heavy atom. The average molecular weight is 274 g/mol. The van der Waals surface area contributed by atoms with Crippen LogP contribution in [0.3, 0.4) is 0 Å². The SMILES string of the molecule is CCCc1nc(N)nc(-c2ccc(OC)c(OC)c2)n1. The first-order valence-corrected chi connectivity index (χ1v) is 6.40. The van der Waals surface area contributed by atoms with Gasteiger partial charge in [0.15, 0.2) is 17.3 Å². The van der Waals surface area contributed by atoms with Crippen molar-refractivity contribution < 1.29 is 9.47 Å². The number of ether oxygens (including phenoxy) is 2. The number of hydrogen-bond acceptors (Lipinski definition) is 6. The maximum atomic E-state index is 5.74. The van der Waals surface area contributed by atoms with E-state index in [0.29, 0.717) is 23.1 Å². The number of nitrogen functional groups attached to an aromatic ring is 1. The van der Waals surface area contributed by atoms with Crippen LogP contribution in [0.5, 0.6) is 11.5 Å². The maximum absolute atomic E-state index is 5.74. The maximum Gasteiger partial charge on any atom is 0.223 e. The monoisotopic (exact) mass is 274 g/mol. The highest BCUT2D eigenvalue weighted by atomic mass is 16.5. The first-order chi connectivity index (χ1) is 9.67. The smallest absolute Gasteiger partial charge is 0.223 e. The van der Waals surface area contributed by atoms with Crippen molar-refractivity contribution in [1.82, 2.24) is 15.0 Å². The molecule has 0 amide bonds. The molecule has 0 aliphatic rings. The molecule has 0 spiro atoms. The Morgan fingerprint density at radius 3 is 2.45 bits per heavy atom. The zero-order chi connectivity index (χ0) is 14.5. The zero-order valence-corrected chi connectivity index (χ0v) is 11.9. The predicted octanol–water partition coefficient (Wildman–Crippen LogP) is 2.09. The fraction of sp³-hybridized carbons (Fsp3) is 0.357. The van der Waals surface area contributed by atoms with Crippen molar-refractivity contribution in [3.8, 4) is 22.9 Å². The molecule has 20 heavy (non-hydrogen) atoms. The fourth-order valence-electron chi connectivity index (χ4n) is 1.88. The van der Waals surface area contributed by atoms with E-state index in [-0.39, 0.29) is 5.95 Å². The Balaban J connectivity index is 2.45. The van der Waals surface area contributed by atoms with Gasteiger partial charge in [-0.2, -0.15) is 9.97 Å². The van der Waals surface area contributed by atoms with Crippen molar-refractivity contribution in [2.24, 2.45) is 0 Å². The number of hydrogen-bond donors (Lipinski definition) is 1. The Bertz CT molecular complexity index is 602. The average Bonchev–Trinajstić information content (AvgIpc) is 2.46. The quantitative estimate of drug-likeness (QED) is 0.898. The molecule has 0 unspecified atom stereocenters. The Kier molecular flexibility index (Phi) is 4.34. The summed E-state index contributed by atoms with van der Waals surface area (Å²) in [4.78, 5) is 12.7. The second kappa shape index (κ2) is 6.18. The minimum Gasteiger partial charge on any atom is -0.493 e. The van der Waals surface area contributed by atoms with Crippen LogP contribution in [0.1, 0.15) is 19.2 Å². The lowest BCUT2D eigenvalue weighted by atomic mass is 10.2. The molecule has 1 heterocycles. The van der Waals surface area contributed by atoms with Gasteiger partial charge in [-0.3, -0.25) is 0 Å². The van der Waals surface area contributed by atoms with Gasteiger partial charge in [0, 0.05) is 12.0 Å². The Labute approximate surface area is 118 Å². The van der Waals surface area contributed by atoms with E-state index in [1.807, 2.05) is 18.2 Å². The number of nitrogens with two attached hydrogens (primary N) is 1. The molecule has 1 aromatic carbocycles. The van der Waals surface area contributed by atoms with Crippen LogP contribution >= 0.6 is 0 Å². The second-order valence-electron chi connectivity index (χ2n) is 4.25. The Hall–Kier alpha value is -2.37. The van der Waals surface area contributed by atoms with E-state index in [4.69, 9.17) is 15.2 Å². The van der Waals surface area contributed by atoms with Crippen LogP contribution in [0.2, 0.25) is 0 Å². The fourth-order valence-corrected chi connectivity index (χ4v) is 1.88. The summed E-state index contributed by atoms with van der Waals surface area (Å²) in [7, 11) is 3.18. The van der Waals surface area contributed by atoms with Gasteiger partial charge in [-0.1, -0.05) is 6.92 Å². The second-order valence-corrected chi connectivity index (χ2v) is 4.25. The third kappa shape index (κ3) is 2.96. The minimum absolute atomic E-state index is 0.230. The van der Waals surface area contributed by atoms with Gasteiger partial charge in [-0.25, -0.2) is 4.98 Å². The molecule has 0 aliphatic heterocycles. The normalized spacial score (nSPS) is 10.3. The van der Waals surface area contributed by atoms with Gasteiger partial charge in [0.1, 0.15) is 5.82 Å². The van der Waals surface area contributed by atoms with Crippen LogP contribution in [0, 0.1) is 0 Å². The van der Waals surface area contributed by atoms with Crippen LogP contribution in [0.25, 0.3) is 11.4 Å². The molecule has 0 radical (unpaired) electrons. The van der Waals surface area contributed by atoms with Crippen molar-refractivity contribution in [3.63, 3.8) is 0 Å². The number of methoxy groups -OCH3 is 2. The highest BCUT2D eigenvalue weighted by molar-refractivity contribution is 5.61. The first kappa shape index (κ1) is 14.0. The highest BCUT2D eigenvalue weighted by Gasteiger charge is 2.10. The summed E-state index contributed by atoms with van der Waals surface area (Å²) in [5.74, 6) is 2.76. The topological polar surface area (TPSA) is 83.2 Å².